The third-order valence-corrected chi connectivity index (χ3v) is 2.50. The number of aromatic nitrogens is 1. The number of nitrogens with one attached hydrogen (secondary N) is 1. The Balaban J connectivity index is 2.76. The lowest BCUT2D eigenvalue weighted by atomic mass is 10.2. The minimum atomic E-state index is 0.651. The van der Waals surface area contributed by atoms with Gasteiger partial charge >= 0.3 is 0 Å². The summed E-state index contributed by atoms with van der Waals surface area (Å²) in [6, 6.07) is 4.12. The second-order valence-electron chi connectivity index (χ2n) is 3.91. The van der Waals surface area contributed by atoms with Gasteiger partial charge in [-0.3, -0.25) is 4.98 Å². The molecular weight excluding hydrogens is 210 g/mol. The number of anilines is 1. The maximum atomic E-state index is 5.40. The molecule has 0 aromatic carbocycles. The van der Waals surface area contributed by atoms with Gasteiger partial charge in [0.05, 0.1) is 12.2 Å². The van der Waals surface area contributed by atoms with Crippen molar-refractivity contribution >= 4 is 5.69 Å². The van der Waals surface area contributed by atoms with Crippen LogP contribution in [0.2, 0.25) is 0 Å². The Morgan fingerprint density at radius 2 is 2.29 bits per heavy atom. The van der Waals surface area contributed by atoms with Crippen molar-refractivity contribution < 1.29 is 0 Å². The first-order valence-electron chi connectivity index (χ1n) is 6.15. The van der Waals surface area contributed by atoms with Gasteiger partial charge in [-0.25, -0.2) is 0 Å². The molecule has 0 atom stereocenters. The van der Waals surface area contributed by atoms with E-state index in [2.05, 4.69) is 41.0 Å². The summed E-state index contributed by atoms with van der Waals surface area (Å²) in [4.78, 5) is 6.54. The summed E-state index contributed by atoms with van der Waals surface area (Å²) >= 11 is 0. The fraction of sp³-hybridized carbons (Fsp3) is 0.500. The molecule has 0 fully saturated rings. The van der Waals surface area contributed by atoms with Gasteiger partial charge < -0.3 is 10.2 Å². The topological polar surface area (TPSA) is 28.2 Å². The highest BCUT2D eigenvalue weighted by Crippen LogP contribution is 2.14. The highest BCUT2D eigenvalue weighted by molar-refractivity contribution is 5.47. The van der Waals surface area contributed by atoms with E-state index >= 15 is 0 Å². The van der Waals surface area contributed by atoms with Crippen LogP contribution in [-0.4, -0.2) is 24.6 Å². The van der Waals surface area contributed by atoms with Crippen molar-refractivity contribution in [1.82, 2.24) is 10.3 Å². The van der Waals surface area contributed by atoms with Crippen LogP contribution in [0.15, 0.2) is 18.3 Å². The fourth-order valence-electron chi connectivity index (χ4n) is 1.69. The Morgan fingerprint density at radius 1 is 1.47 bits per heavy atom. The van der Waals surface area contributed by atoms with Crippen molar-refractivity contribution in [3.05, 3.63) is 24.0 Å². The molecule has 1 N–H and O–H groups in total. The number of terminal acetylenes is 1. The molecule has 92 valence electrons. The molecule has 0 aliphatic carbocycles. The summed E-state index contributed by atoms with van der Waals surface area (Å²) in [5.74, 6) is 2.70. The maximum Gasteiger partial charge on any atom is 0.0791 e. The van der Waals surface area contributed by atoms with Crippen molar-refractivity contribution in [3.8, 4) is 12.3 Å². The van der Waals surface area contributed by atoms with Crippen LogP contribution in [0.4, 0.5) is 5.69 Å². The third kappa shape index (κ3) is 4.46. The lowest BCUT2D eigenvalue weighted by molar-refractivity contribution is 0.709. The van der Waals surface area contributed by atoms with E-state index in [1.54, 1.807) is 0 Å². The molecule has 0 saturated heterocycles. The first kappa shape index (κ1) is 13.5. The highest BCUT2D eigenvalue weighted by Gasteiger charge is 2.05. The molecule has 0 saturated carbocycles. The first-order valence-corrected chi connectivity index (χ1v) is 6.15. The van der Waals surface area contributed by atoms with Crippen LogP contribution in [0.5, 0.6) is 0 Å². The number of rotatable bonds is 7. The highest BCUT2D eigenvalue weighted by atomic mass is 15.1. The number of hydrogen-bond acceptors (Lipinski definition) is 3. The zero-order valence-corrected chi connectivity index (χ0v) is 10.7. The second-order valence-corrected chi connectivity index (χ2v) is 3.91. The monoisotopic (exact) mass is 231 g/mol. The van der Waals surface area contributed by atoms with Gasteiger partial charge in [0.1, 0.15) is 0 Å². The van der Waals surface area contributed by atoms with Crippen LogP contribution in [-0.2, 0) is 6.54 Å². The molecular formula is C14H21N3. The molecule has 1 heterocycles. The zero-order valence-electron chi connectivity index (χ0n) is 10.7. The second kappa shape index (κ2) is 7.70. The lowest BCUT2D eigenvalue weighted by Crippen LogP contribution is -2.24. The van der Waals surface area contributed by atoms with Gasteiger partial charge in [0.2, 0.25) is 0 Å². The smallest absolute Gasteiger partial charge is 0.0791 e. The average Bonchev–Trinajstić information content (AvgIpc) is 2.36. The van der Waals surface area contributed by atoms with Gasteiger partial charge in [-0.05, 0) is 25.1 Å². The van der Waals surface area contributed by atoms with E-state index in [9.17, 15) is 0 Å². The molecule has 1 aromatic heterocycles. The minimum absolute atomic E-state index is 0.651. The van der Waals surface area contributed by atoms with Gasteiger partial charge in [-0.2, -0.15) is 0 Å². The Labute approximate surface area is 104 Å². The minimum Gasteiger partial charge on any atom is -0.360 e. The van der Waals surface area contributed by atoms with E-state index < -0.39 is 0 Å². The van der Waals surface area contributed by atoms with E-state index in [1.807, 2.05) is 12.3 Å². The largest absolute Gasteiger partial charge is 0.360 e. The predicted molar refractivity (Wildman–Crippen MR) is 73.0 cm³/mol. The number of hydrogen-bond donors (Lipinski definition) is 1. The van der Waals surface area contributed by atoms with Gasteiger partial charge in [0.25, 0.3) is 0 Å². The molecule has 0 aliphatic rings. The molecule has 0 amide bonds. The van der Waals surface area contributed by atoms with Crippen LogP contribution in [0.3, 0.4) is 0 Å². The van der Waals surface area contributed by atoms with Crippen LogP contribution < -0.4 is 10.2 Å². The molecule has 0 radical (unpaired) electrons. The van der Waals surface area contributed by atoms with E-state index in [1.165, 1.54) is 0 Å². The van der Waals surface area contributed by atoms with Crippen LogP contribution in [0.1, 0.15) is 26.0 Å². The van der Waals surface area contributed by atoms with Gasteiger partial charge in [-0.15, -0.1) is 6.42 Å². The van der Waals surface area contributed by atoms with Crippen molar-refractivity contribution in [2.45, 2.75) is 26.8 Å². The quantitative estimate of drug-likeness (QED) is 0.728. The predicted octanol–water partition coefficient (Wildman–Crippen LogP) is 2.04. The zero-order chi connectivity index (χ0) is 12.5. The third-order valence-electron chi connectivity index (χ3n) is 2.50. The lowest BCUT2D eigenvalue weighted by Gasteiger charge is -2.22. The Kier molecular flexibility index (Phi) is 6.13. The van der Waals surface area contributed by atoms with E-state index in [0.717, 1.165) is 37.4 Å². The molecule has 0 aliphatic heterocycles. The van der Waals surface area contributed by atoms with Crippen LogP contribution in [0, 0.1) is 12.3 Å². The Bertz CT molecular complexity index is 368. The Hall–Kier alpha value is -1.53. The van der Waals surface area contributed by atoms with Gasteiger partial charge in [0.15, 0.2) is 0 Å². The SMILES string of the molecule is C#CCN(CCC)c1ccnc(CNCC)c1. The summed E-state index contributed by atoms with van der Waals surface area (Å²) in [6.45, 7) is 7.64. The molecule has 0 unspecified atom stereocenters. The van der Waals surface area contributed by atoms with E-state index in [4.69, 9.17) is 6.42 Å². The molecule has 1 rings (SSSR count). The van der Waals surface area contributed by atoms with Crippen molar-refractivity contribution in [1.29, 1.82) is 0 Å². The van der Waals surface area contributed by atoms with E-state index in [-0.39, 0.29) is 0 Å². The van der Waals surface area contributed by atoms with Gasteiger partial charge in [-0.1, -0.05) is 19.8 Å². The van der Waals surface area contributed by atoms with E-state index in [0.29, 0.717) is 6.54 Å². The Morgan fingerprint density at radius 3 is 2.94 bits per heavy atom. The van der Waals surface area contributed by atoms with Crippen molar-refractivity contribution in [2.24, 2.45) is 0 Å². The molecule has 3 nitrogen and oxygen atoms in total. The molecule has 0 spiro atoms. The molecule has 1 aromatic rings. The molecule has 17 heavy (non-hydrogen) atoms. The summed E-state index contributed by atoms with van der Waals surface area (Å²) in [7, 11) is 0. The standard InChI is InChI=1S/C14H21N3/c1-4-9-17(10-5-2)14-7-8-16-13(11-14)12-15-6-3/h1,7-8,11,15H,5-6,9-10,12H2,2-3H3. The summed E-state index contributed by atoms with van der Waals surface area (Å²) < 4.78 is 0. The number of nitrogens with zero attached hydrogens (tertiary/aromatic N) is 2. The van der Waals surface area contributed by atoms with Crippen molar-refractivity contribution in [2.75, 3.05) is 24.5 Å². The first-order chi connectivity index (χ1) is 8.31. The molecule has 0 bridgehead atoms. The maximum absolute atomic E-state index is 5.40. The summed E-state index contributed by atoms with van der Waals surface area (Å²) in [6.07, 6.45) is 8.33. The van der Waals surface area contributed by atoms with Crippen LogP contribution >= 0.6 is 0 Å². The fourth-order valence-corrected chi connectivity index (χ4v) is 1.69. The van der Waals surface area contributed by atoms with Crippen molar-refractivity contribution in [3.63, 3.8) is 0 Å². The summed E-state index contributed by atoms with van der Waals surface area (Å²) in [5, 5.41) is 3.27. The average molecular weight is 231 g/mol. The van der Waals surface area contributed by atoms with Gasteiger partial charge in [0, 0.05) is 25.0 Å². The molecule has 3 heteroatoms. The van der Waals surface area contributed by atoms with Crippen LogP contribution in [0.25, 0.3) is 0 Å². The summed E-state index contributed by atoms with van der Waals surface area (Å²) in [5.41, 5.74) is 2.22. The number of pyridine rings is 1. The normalized spacial score (nSPS) is 9.94.